The minimum absolute atomic E-state index is 0.106. The molecule has 2 aromatic carbocycles. The summed E-state index contributed by atoms with van der Waals surface area (Å²) in [5.41, 5.74) is -0.413. The van der Waals surface area contributed by atoms with Crippen molar-refractivity contribution in [2.45, 2.75) is 23.7 Å². The van der Waals surface area contributed by atoms with Gasteiger partial charge in [-0.25, -0.2) is 8.42 Å². The van der Waals surface area contributed by atoms with Gasteiger partial charge in [0.2, 0.25) is 11.8 Å². The highest BCUT2D eigenvalue weighted by atomic mass is 32.2. The van der Waals surface area contributed by atoms with E-state index >= 15 is 0 Å². The van der Waals surface area contributed by atoms with Gasteiger partial charge in [-0.3, -0.25) is 0 Å². The maximum atomic E-state index is 12.9. The minimum Gasteiger partial charge on any atom is -0.497 e. The molecule has 0 spiro atoms. The van der Waals surface area contributed by atoms with Crippen molar-refractivity contribution < 1.29 is 30.7 Å². The number of halogens is 3. The van der Waals surface area contributed by atoms with Crippen LogP contribution in [0.5, 0.6) is 5.75 Å². The molecule has 10 heteroatoms. The molecule has 0 aliphatic carbocycles. The molecule has 0 saturated heterocycles. The van der Waals surface area contributed by atoms with Gasteiger partial charge in [0.1, 0.15) is 5.75 Å². The van der Waals surface area contributed by atoms with Crippen LogP contribution < -0.4 is 4.74 Å². The number of aromatic nitrogens is 2. The van der Waals surface area contributed by atoms with Crippen LogP contribution in [0.3, 0.4) is 0 Å². The molecule has 28 heavy (non-hydrogen) atoms. The molecule has 0 fully saturated rings. The Bertz CT molecular complexity index is 1110. The number of nitrogens with zero attached hydrogens (tertiary/aromatic N) is 2. The molecule has 0 aliphatic rings. The maximum absolute atomic E-state index is 12.9. The van der Waals surface area contributed by atoms with E-state index < -0.39 is 32.2 Å². The average molecular weight is 412 g/mol. The third-order valence-corrected chi connectivity index (χ3v) is 5.60. The Balaban J connectivity index is 2.05. The fourth-order valence-electron chi connectivity index (χ4n) is 2.58. The molecular formula is C18H15F3N2O4S. The average Bonchev–Trinajstić information content (AvgIpc) is 3.07. The van der Waals surface area contributed by atoms with Crippen molar-refractivity contribution >= 4 is 9.84 Å². The number of rotatable bonds is 5. The lowest BCUT2D eigenvalue weighted by Crippen LogP contribution is -2.10. The van der Waals surface area contributed by atoms with Crippen LogP contribution in [-0.2, 0) is 21.8 Å². The number of sulfone groups is 1. The number of ether oxygens (including phenoxy) is 1. The van der Waals surface area contributed by atoms with Crippen LogP contribution in [0.15, 0.2) is 51.8 Å². The van der Waals surface area contributed by atoms with Crippen molar-refractivity contribution in [1.82, 2.24) is 10.2 Å². The smallest absolute Gasteiger partial charge is 0.416 e. The second-order valence-corrected chi connectivity index (χ2v) is 7.92. The zero-order chi connectivity index (χ0) is 20.5. The van der Waals surface area contributed by atoms with Crippen molar-refractivity contribution in [1.29, 1.82) is 0 Å². The molecule has 0 aliphatic heterocycles. The largest absolute Gasteiger partial charge is 0.497 e. The van der Waals surface area contributed by atoms with Crippen LogP contribution in [0.2, 0.25) is 0 Å². The van der Waals surface area contributed by atoms with Crippen LogP contribution in [0.25, 0.3) is 11.5 Å². The molecule has 0 radical (unpaired) electrons. The van der Waals surface area contributed by atoms with Crippen LogP contribution in [0, 0.1) is 6.92 Å². The van der Waals surface area contributed by atoms with Gasteiger partial charge >= 0.3 is 6.18 Å². The Labute approximate surface area is 158 Å². The molecular weight excluding hydrogens is 397 g/mol. The lowest BCUT2D eigenvalue weighted by atomic mass is 10.1. The quantitative estimate of drug-likeness (QED) is 0.629. The first-order chi connectivity index (χ1) is 13.1. The van der Waals surface area contributed by atoms with Gasteiger partial charge in [0.25, 0.3) is 0 Å². The van der Waals surface area contributed by atoms with Gasteiger partial charge < -0.3 is 9.15 Å². The normalized spacial score (nSPS) is 12.2. The van der Waals surface area contributed by atoms with Gasteiger partial charge in [-0.1, -0.05) is 6.07 Å². The lowest BCUT2D eigenvalue weighted by molar-refractivity contribution is -0.137. The fraction of sp³-hybridized carbons (Fsp3) is 0.222. The predicted octanol–water partition coefficient (Wildman–Crippen LogP) is 4.05. The first kappa shape index (κ1) is 19.9. The highest BCUT2D eigenvalue weighted by Gasteiger charge is 2.32. The molecule has 0 atom stereocenters. The van der Waals surface area contributed by atoms with Gasteiger partial charge in [0, 0.05) is 12.5 Å². The highest BCUT2D eigenvalue weighted by Crippen LogP contribution is 2.33. The Morgan fingerprint density at radius 3 is 2.46 bits per heavy atom. The van der Waals surface area contributed by atoms with E-state index in [1.165, 1.54) is 13.2 Å². The topological polar surface area (TPSA) is 82.3 Å². The van der Waals surface area contributed by atoms with E-state index in [4.69, 9.17) is 9.15 Å². The third kappa shape index (κ3) is 4.16. The summed E-state index contributed by atoms with van der Waals surface area (Å²) in [6.07, 6.45) is -4.64. The molecule has 6 nitrogen and oxygen atoms in total. The molecule has 0 unspecified atom stereocenters. The molecule has 0 amide bonds. The van der Waals surface area contributed by atoms with E-state index in [2.05, 4.69) is 10.2 Å². The van der Waals surface area contributed by atoms with Gasteiger partial charge in [-0.2, -0.15) is 13.2 Å². The Morgan fingerprint density at radius 1 is 1.11 bits per heavy atom. The SMILES string of the molecule is COc1ccc(-c2nnc(C)o2)c(CS(=O)(=O)c2cccc(C(F)(F)F)c2)c1. The van der Waals surface area contributed by atoms with E-state index in [0.717, 1.165) is 18.2 Å². The summed E-state index contributed by atoms with van der Waals surface area (Å²) in [6.45, 7) is 1.58. The van der Waals surface area contributed by atoms with E-state index in [1.54, 1.807) is 19.1 Å². The number of methoxy groups -OCH3 is 1. The summed E-state index contributed by atoms with van der Waals surface area (Å²) >= 11 is 0. The lowest BCUT2D eigenvalue weighted by Gasteiger charge is -2.12. The van der Waals surface area contributed by atoms with Crippen molar-refractivity contribution in [2.24, 2.45) is 0 Å². The van der Waals surface area contributed by atoms with Crippen molar-refractivity contribution in [3.8, 4) is 17.2 Å². The standard InChI is InChI=1S/C18H15F3N2O4S/c1-11-22-23-17(27-11)16-7-6-14(26-2)8-12(16)10-28(24,25)15-5-3-4-13(9-15)18(19,20)21/h3-9H,10H2,1-2H3. The van der Waals surface area contributed by atoms with E-state index in [-0.39, 0.29) is 17.3 Å². The third-order valence-electron chi connectivity index (χ3n) is 3.93. The first-order valence-corrected chi connectivity index (χ1v) is 9.63. The van der Waals surface area contributed by atoms with Crippen LogP contribution in [0.4, 0.5) is 13.2 Å². The summed E-state index contributed by atoms with van der Waals surface area (Å²) in [7, 11) is -2.68. The van der Waals surface area contributed by atoms with E-state index in [1.807, 2.05) is 0 Å². The monoisotopic (exact) mass is 412 g/mol. The van der Waals surface area contributed by atoms with Gasteiger partial charge in [-0.15, -0.1) is 10.2 Å². The van der Waals surface area contributed by atoms with Crippen LogP contribution in [0.1, 0.15) is 17.0 Å². The number of aryl methyl sites for hydroxylation is 1. The van der Waals surface area contributed by atoms with Crippen molar-refractivity contribution in [2.75, 3.05) is 7.11 Å². The van der Waals surface area contributed by atoms with Crippen LogP contribution in [-0.4, -0.2) is 25.7 Å². The van der Waals surface area contributed by atoms with Crippen LogP contribution >= 0.6 is 0 Å². The Kier molecular flexibility index (Phi) is 5.16. The number of hydrogen-bond donors (Lipinski definition) is 0. The summed E-state index contributed by atoms with van der Waals surface area (Å²) in [6, 6.07) is 8.24. The number of benzene rings is 2. The summed E-state index contributed by atoms with van der Waals surface area (Å²) in [4.78, 5) is -0.433. The van der Waals surface area contributed by atoms with Gasteiger partial charge in [-0.05, 0) is 42.0 Å². The molecule has 3 rings (SSSR count). The first-order valence-electron chi connectivity index (χ1n) is 7.97. The van der Waals surface area contributed by atoms with E-state index in [0.29, 0.717) is 17.4 Å². The fourth-order valence-corrected chi connectivity index (χ4v) is 3.99. The van der Waals surface area contributed by atoms with Crippen molar-refractivity contribution in [3.63, 3.8) is 0 Å². The number of hydrogen-bond acceptors (Lipinski definition) is 6. The predicted molar refractivity (Wildman–Crippen MR) is 93.4 cm³/mol. The summed E-state index contributed by atoms with van der Waals surface area (Å²) < 4.78 is 74.9. The summed E-state index contributed by atoms with van der Waals surface area (Å²) in [5, 5.41) is 7.60. The Morgan fingerprint density at radius 2 is 1.86 bits per heavy atom. The highest BCUT2D eigenvalue weighted by molar-refractivity contribution is 7.90. The molecule has 0 N–H and O–H groups in total. The Hall–Kier alpha value is -2.88. The molecule has 148 valence electrons. The van der Waals surface area contributed by atoms with Gasteiger partial charge in [0.05, 0.1) is 23.3 Å². The molecule has 1 heterocycles. The zero-order valence-corrected chi connectivity index (χ0v) is 15.6. The zero-order valence-electron chi connectivity index (χ0n) is 14.8. The molecule has 3 aromatic rings. The van der Waals surface area contributed by atoms with Crippen molar-refractivity contribution in [3.05, 3.63) is 59.5 Å². The molecule has 0 bridgehead atoms. The minimum atomic E-state index is -4.64. The maximum Gasteiger partial charge on any atom is 0.416 e. The van der Waals surface area contributed by atoms with Gasteiger partial charge in [0.15, 0.2) is 9.84 Å². The van der Waals surface area contributed by atoms with E-state index in [9.17, 15) is 21.6 Å². The summed E-state index contributed by atoms with van der Waals surface area (Å²) in [5.74, 6) is 0.212. The second-order valence-electron chi connectivity index (χ2n) is 5.93. The second kappa shape index (κ2) is 7.27. The molecule has 0 saturated carbocycles. The number of alkyl halides is 3. The molecule has 1 aromatic heterocycles.